The zero-order chi connectivity index (χ0) is 23.1. The summed E-state index contributed by atoms with van der Waals surface area (Å²) in [6.45, 7) is 7.14. The summed E-state index contributed by atoms with van der Waals surface area (Å²) in [6, 6.07) is 16.6. The second-order valence-electron chi connectivity index (χ2n) is 8.83. The number of hydrogen-bond donors (Lipinski definition) is 3. The average Bonchev–Trinajstić information content (AvgIpc) is 3.35. The normalized spacial score (nSPS) is 14.6. The molecule has 1 fully saturated rings. The molecule has 0 amide bonds. The van der Waals surface area contributed by atoms with Gasteiger partial charge in [-0.15, -0.1) is 0 Å². The van der Waals surface area contributed by atoms with Crippen LogP contribution in [-0.2, 0) is 6.54 Å². The van der Waals surface area contributed by atoms with Gasteiger partial charge in [0.15, 0.2) is 0 Å². The van der Waals surface area contributed by atoms with Crippen LogP contribution in [0.4, 0.5) is 0 Å². The Kier molecular flexibility index (Phi) is 5.47. The number of benzene rings is 1. The van der Waals surface area contributed by atoms with Gasteiger partial charge in [-0.2, -0.15) is 5.10 Å². The number of rotatable bonds is 6. The molecule has 0 spiro atoms. The van der Waals surface area contributed by atoms with Crippen molar-refractivity contribution in [2.75, 3.05) is 26.2 Å². The predicted molar refractivity (Wildman–Crippen MR) is 129 cm³/mol. The Morgan fingerprint density at radius 3 is 2.67 bits per heavy atom. The van der Waals surface area contributed by atoms with Crippen LogP contribution in [0.1, 0.15) is 24.1 Å². The molecule has 0 atom stereocenters. The van der Waals surface area contributed by atoms with E-state index < -0.39 is 0 Å². The molecule has 0 unspecified atom stereocenters. The van der Waals surface area contributed by atoms with E-state index >= 15 is 0 Å². The van der Waals surface area contributed by atoms with Crippen molar-refractivity contribution in [1.82, 2.24) is 23.8 Å². The fourth-order valence-corrected chi connectivity index (χ4v) is 4.71. The molecule has 4 aromatic rings. The topological polar surface area (TPSA) is 98.8 Å². The highest BCUT2D eigenvalue weighted by Gasteiger charge is 2.28. The Morgan fingerprint density at radius 2 is 1.94 bits per heavy atom. The molecule has 8 nitrogen and oxygen atoms in total. The maximum absolute atomic E-state index is 9.13. The quantitative estimate of drug-likeness (QED) is 0.316. The molecule has 1 aliphatic heterocycles. The summed E-state index contributed by atoms with van der Waals surface area (Å²) in [5.74, 6) is 0.314. The van der Waals surface area contributed by atoms with Crippen LogP contribution in [0, 0.1) is 17.7 Å². The third kappa shape index (κ3) is 3.92. The van der Waals surface area contributed by atoms with Gasteiger partial charge in [0.25, 0.3) is 0 Å². The van der Waals surface area contributed by atoms with Crippen molar-refractivity contribution < 1.29 is 5.11 Å². The lowest BCUT2D eigenvalue weighted by atomic mass is 10.1. The zero-order valence-corrected chi connectivity index (χ0v) is 19.0. The number of hydrogen-bond acceptors (Lipinski definition) is 5. The first-order valence-electron chi connectivity index (χ1n) is 11.2. The van der Waals surface area contributed by atoms with Crippen LogP contribution in [0.5, 0.6) is 0 Å². The zero-order valence-electron chi connectivity index (χ0n) is 19.0. The molecule has 5 rings (SSSR count). The number of aromatic nitrogens is 4. The standard InChI is InChI=1S/C25H29N7O/c1-17-4-3-5-19(12-17)14-30-22-6-7-25(27)32(18(2)26)24(22)13-23(30)21-8-9-31(28-21)20-15-29(16-20)10-11-33/h3-9,12-13,20,26-27,33H,10-11,14-16H2,1-2H3. The molecule has 3 N–H and O–H groups in total. The van der Waals surface area contributed by atoms with Gasteiger partial charge in [-0.05, 0) is 43.7 Å². The summed E-state index contributed by atoms with van der Waals surface area (Å²) in [5, 5.41) is 30.6. The summed E-state index contributed by atoms with van der Waals surface area (Å²) < 4.78 is 5.92. The van der Waals surface area contributed by atoms with E-state index in [2.05, 4.69) is 40.7 Å². The molecule has 170 valence electrons. The Labute approximate surface area is 192 Å². The minimum atomic E-state index is 0.181. The number of pyridine rings is 1. The average molecular weight is 444 g/mol. The van der Waals surface area contributed by atoms with Crippen molar-refractivity contribution in [2.45, 2.75) is 26.4 Å². The van der Waals surface area contributed by atoms with E-state index in [0.717, 1.165) is 35.5 Å². The van der Waals surface area contributed by atoms with Gasteiger partial charge >= 0.3 is 0 Å². The van der Waals surface area contributed by atoms with Crippen LogP contribution in [0.15, 0.2) is 54.7 Å². The SMILES string of the molecule is CC(=N)n1c(=N)ccc2c1cc(-c1ccn(C3CN(CCO)C3)n1)n2Cc1cccc(C)c1. The lowest BCUT2D eigenvalue weighted by Gasteiger charge is -2.38. The number of aliphatic hydroxyl groups excluding tert-OH is 1. The van der Waals surface area contributed by atoms with Crippen LogP contribution >= 0.6 is 0 Å². The number of likely N-dealkylation sites (tertiary alicyclic amines) is 1. The van der Waals surface area contributed by atoms with E-state index in [4.69, 9.17) is 21.0 Å². The molecule has 0 radical (unpaired) electrons. The first kappa shape index (κ1) is 21.4. The number of fused-ring (bicyclic) bond motifs is 1. The number of aryl methyl sites for hydroxylation is 1. The second-order valence-corrected chi connectivity index (χ2v) is 8.83. The summed E-state index contributed by atoms with van der Waals surface area (Å²) in [5.41, 5.74) is 6.35. The minimum Gasteiger partial charge on any atom is -0.395 e. The Morgan fingerprint density at radius 1 is 1.12 bits per heavy atom. The summed E-state index contributed by atoms with van der Waals surface area (Å²) in [4.78, 5) is 2.21. The molecule has 0 saturated carbocycles. The lowest BCUT2D eigenvalue weighted by Crippen LogP contribution is -2.48. The molecule has 0 bridgehead atoms. The van der Waals surface area contributed by atoms with Gasteiger partial charge in [-0.3, -0.25) is 25.0 Å². The molecule has 4 heterocycles. The fourth-order valence-electron chi connectivity index (χ4n) is 4.71. The first-order valence-corrected chi connectivity index (χ1v) is 11.2. The van der Waals surface area contributed by atoms with Gasteiger partial charge in [0.2, 0.25) is 0 Å². The first-order chi connectivity index (χ1) is 15.9. The summed E-state index contributed by atoms with van der Waals surface area (Å²) in [7, 11) is 0. The highest BCUT2D eigenvalue weighted by atomic mass is 16.3. The maximum atomic E-state index is 9.13. The van der Waals surface area contributed by atoms with E-state index in [1.165, 1.54) is 11.1 Å². The van der Waals surface area contributed by atoms with Crippen LogP contribution in [0.2, 0.25) is 0 Å². The van der Waals surface area contributed by atoms with Gasteiger partial charge in [0.05, 0.1) is 29.4 Å². The minimum absolute atomic E-state index is 0.181. The number of nitrogens with zero attached hydrogens (tertiary/aromatic N) is 5. The van der Waals surface area contributed by atoms with E-state index in [1.807, 2.05) is 29.1 Å². The van der Waals surface area contributed by atoms with Gasteiger partial charge in [-0.1, -0.05) is 29.8 Å². The fraction of sp³-hybridized carbons (Fsp3) is 0.320. The molecule has 1 saturated heterocycles. The van der Waals surface area contributed by atoms with Crippen molar-refractivity contribution in [1.29, 1.82) is 10.8 Å². The van der Waals surface area contributed by atoms with Crippen LogP contribution in [-0.4, -0.2) is 61.0 Å². The highest BCUT2D eigenvalue weighted by Crippen LogP contribution is 2.29. The summed E-state index contributed by atoms with van der Waals surface area (Å²) >= 11 is 0. The van der Waals surface area contributed by atoms with Gasteiger partial charge < -0.3 is 9.67 Å². The molecule has 1 aliphatic rings. The predicted octanol–water partition coefficient (Wildman–Crippen LogP) is 2.84. The molecular formula is C25H29N7O. The van der Waals surface area contributed by atoms with Crippen LogP contribution < -0.4 is 5.49 Å². The molecule has 8 heteroatoms. The van der Waals surface area contributed by atoms with Crippen molar-refractivity contribution in [3.8, 4) is 11.4 Å². The van der Waals surface area contributed by atoms with Crippen molar-refractivity contribution >= 4 is 16.9 Å². The monoisotopic (exact) mass is 443 g/mol. The molecule has 1 aromatic carbocycles. The second kappa shape index (κ2) is 8.46. The molecule has 3 aromatic heterocycles. The van der Waals surface area contributed by atoms with E-state index in [9.17, 15) is 0 Å². The number of aliphatic hydroxyl groups is 1. The third-order valence-corrected chi connectivity index (χ3v) is 6.36. The molecule has 0 aliphatic carbocycles. The Balaban J connectivity index is 1.60. The van der Waals surface area contributed by atoms with Gasteiger partial charge in [0, 0.05) is 32.4 Å². The van der Waals surface area contributed by atoms with Crippen LogP contribution in [0.25, 0.3) is 22.4 Å². The van der Waals surface area contributed by atoms with Gasteiger partial charge in [-0.25, -0.2) is 0 Å². The smallest absolute Gasteiger partial charge is 0.130 e. The maximum Gasteiger partial charge on any atom is 0.130 e. The molecular weight excluding hydrogens is 414 g/mol. The summed E-state index contributed by atoms with van der Waals surface area (Å²) in [6.07, 6.45) is 2.02. The Hall–Kier alpha value is -3.49. The van der Waals surface area contributed by atoms with Crippen molar-refractivity contribution in [3.05, 3.63) is 71.3 Å². The van der Waals surface area contributed by atoms with Crippen molar-refractivity contribution in [3.63, 3.8) is 0 Å². The lowest BCUT2D eigenvalue weighted by molar-refractivity contribution is 0.0775. The van der Waals surface area contributed by atoms with Gasteiger partial charge in [0.1, 0.15) is 17.0 Å². The Bertz CT molecular complexity index is 1390. The molecule has 33 heavy (non-hydrogen) atoms. The largest absolute Gasteiger partial charge is 0.395 e. The van der Waals surface area contributed by atoms with Crippen molar-refractivity contribution in [2.24, 2.45) is 0 Å². The number of β-amino-alcohol motifs (C(OH)–C–C–N with tert-alkyl or cyclic N) is 1. The van der Waals surface area contributed by atoms with E-state index in [-0.39, 0.29) is 6.61 Å². The number of nitrogens with one attached hydrogen (secondary N) is 2. The third-order valence-electron chi connectivity index (χ3n) is 6.36. The van der Waals surface area contributed by atoms with E-state index in [0.29, 0.717) is 30.5 Å². The highest BCUT2D eigenvalue weighted by molar-refractivity contribution is 5.93. The van der Waals surface area contributed by atoms with E-state index in [1.54, 1.807) is 17.6 Å². The van der Waals surface area contributed by atoms with Crippen LogP contribution in [0.3, 0.4) is 0 Å².